The van der Waals surface area contributed by atoms with Crippen molar-refractivity contribution < 1.29 is 14.3 Å². The van der Waals surface area contributed by atoms with Crippen molar-refractivity contribution in [2.45, 2.75) is 19.4 Å². The number of ether oxygens (including phenoxy) is 2. The Balaban J connectivity index is 1.90. The Bertz CT molecular complexity index is 906. The highest BCUT2D eigenvalue weighted by Crippen LogP contribution is 2.39. The summed E-state index contributed by atoms with van der Waals surface area (Å²) in [4.78, 5) is 14.9. The van der Waals surface area contributed by atoms with Gasteiger partial charge in [0.15, 0.2) is 5.78 Å². The maximum atomic E-state index is 12.8. The number of benzene rings is 2. The largest absolute Gasteiger partial charge is 0.496 e. The molecule has 0 saturated heterocycles. The monoisotopic (exact) mass is 363 g/mol. The average molecular weight is 363 g/mol. The summed E-state index contributed by atoms with van der Waals surface area (Å²) in [6.45, 7) is 3.92. The Morgan fingerprint density at radius 3 is 2.44 bits per heavy atom. The van der Waals surface area contributed by atoms with Crippen LogP contribution < -0.4 is 14.4 Å². The van der Waals surface area contributed by atoms with E-state index in [0.717, 1.165) is 16.8 Å². The third-order valence-electron chi connectivity index (χ3n) is 4.49. The van der Waals surface area contributed by atoms with E-state index in [1.165, 1.54) is 0 Å². The minimum absolute atomic E-state index is 0.100. The molecule has 1 heterocycles. The number of carbonyl (C=O) groups excluding carboxylic acids is 1. The molecule has 0 radical (unpaired) electrons. The predicted octanol–water partition coefficient (Wildman–Crippen LogP) is 4.84. The standard InChI is InChI=1S/C23H25NO3/c1-23(2)15-14-19-21(26-5)13-11-18(22(19)27-23)20(25)12-8-16-6-9-17(10-7-16)24(3)4/h6-15H,1-5H3/b12-8+. The molecule has 1 aliphatic rings. The Hall–Kier alpha value is -3.01. The summed E-state index contributed by atoms with van der Waals surface area (Å²) < 4.78 is 11.5. The van der Waals surface area contributed by atoms with E-state index in [1.807, 2.05) is 75.3 Å². The zero-order chi connectivity index (χ0) is 19.6. The zero-order valence-electron chi connectivity index (χ0n) is 16.4. The third kappa shape index (κ3) is 4.05. The molecule has 0 saturated carbocycles. The number of anilines is 1. The van der Waals surface area contributed by atoms with E-state index >= 15 is 0 Å². The van der Waals surface area contributed by atoms with Crippen LogP contribution in [0.2, 0.25) is 0 Å². The summed E-state index contributed by atoms with van der Waals surface area (Å²) >= 11 is 0. The molecule has 0 spiro atoms. The molecule has 0 bridgehead atoms. The molecular formula is C23H25NO3. The van der Waals surface area contributed by atoms with Gasteiger partial charge in [0.05, 0.1) is 18.2 Å². The van der Waals surface area contributed by atoms with Crippen LogP contribution in [0, 0.1) is 0 Å². The van der Waals surface area contributed by atoms with Crippen LogP contribution >= 0.6 is 0 Å². The smallest absolute Gasteiger partial charge is 0.189 e. The van der Waals surface area contributed by atoms with Crippen molar-refractivity contribution in [1.82, 2.24) is 0 Å². The molecule has 0 N–H and O–H groups in total. The van der Waals surface area contributed by atoms with Crippen LogP contribution in [0.3, 0.4) is 0 Å². The zero-order valence-corrected chi connectivity index (χ0v) is 16.4. The Morgan fingerprint density at radius 2 is 1.81 bits per heavy atom. The van der Waals surface area contributed by atoms with Crippen molar-refractivity contribution in [1.29, 1.82) is 0 Å². The summed E-state index contributed by atoms with van der Waals surface area (Å²) in [6, 6.07) is 11.6. The number of ketones is 1. The van der Waals surface area contributed by atoms with Crippen LogP contribution in [-0.4, -0.2) is 32.6 Å². The molecule has 0 aromatic heterocycles. The van der Waals surface area contributed by atoms with Crippen LogP contribution in [0.5, 0.6) is 11.5 Å². The fraction of sp³-hybridized carbons (Fsp3) is 0.261. The Morgan fingerprint density at radius 1 is 1.11 bits per heavy atom. The molecule has 0 fully saturated rings. The number of hydrogen-bond donors (Lipinski definition) is 0. The number of carbonyl (C=O) groups is 1. The summed E-state index contributed by atoms with van der Waals surface area (Å²) in [5.74, 6) is 1.16. The number of fused-ring (bicyclic) bond motifs is 1. The Kier molecular flexibility index (Phi) is 5.08. The lowest BCUT2D eigenvalue weighted by Gasteiger charge is -2.29. The van der Waals surface area contributed by atoms with E-state index in [-0.39, 0.29) is 5.78 Å². The van der Waals surface area contributed by atoms with Crippen LogP contribution in [0.1, 0.15) is 35.3 Å². The quantitative estimate of drug-likeness (QED) is 0.563. The number of rotatable bonds is 5. The van der Waals surface area contributed by atoms with Crippen LogP contribution in [0.15, 0.2) is 48.6 Å². The lowest BCUT2D eigenvalue weighted by atomic mass is 9.97. The molecule has 0 aliphatic carbocycles. The molecule has 27 heavy (non-hydrogen) atoms. The van der Waals surface area contributed by atoms with Gasteiger partial charge in [-0.1, -0.05) is 18.2 Å². The molecular weight excluding hydrogens is 338 g/mol. The molecule has 1 aliphatic heterocycles. The van der Waals surface area contributed by atoms with Crippen LogP contribution in [0.4, 0.5) is 5.69 Å². The minimum Gasteiger partial charge on any atom is -0.496 e. The molecule has 2 aromatic rings. The second kappa shape index (κ2) is 7.31. The van der Waals surface area contributed by atoms with Gasteiger partial charge in [0.25, 0.3) is 0 Å². The molecule has 0 atom stereocenters. The van der Waals surface area contributed by atoms with Gasteiger partial charge < -0.3 is 14.4 Å². The molecule has 0 unspecified atom stereocenters. The van der Waals surface area contributed by atoms with Crippen molar-refractivity contribution in [3.63, 3.8) is 0 Å². The maximum Gasteiger partial charge on any atom is 0.189 e. The normalized spacial score (nSPS) is 14.6. The number of methoxy groups -OCH3 is 1. The molecule has 3 rings (SSSR count). The maximum absolute atomic E-state index is 12.8. The summed E-state index contributed by atoms with van der Waals surface area (Å²) in [6.07, 6.45) is 7.33. The van der Waals surface area contributed by atoms with Crippen LogP contribution in [-0.2, 0) is 0 Å². The Labute approximate surface area is 160 Å². The lowest BCUT2D eigenvalue weighted by molar-refractivity contribution is 0.103. The van der Waals surface area contributed by atoms with E-state index in [0.29, 0.717) is 17.1 Å². The number of allylic oxidation sites excluding steroid dienone is 1. The fourth-order valence-electron chi connectivity index (χ4n) is 2.95. The number of hydrogen-bond acceptors (Lipinski definition) is 4. The molecule has 0 amide bonds. The third-order valence-corrected chi connectivity index (χ3v) is 4.49. The SMILES string of the molecule is COc1ccc(C(=O)/C=C/c2ccc(N(C)C)cc2)c2c1C=CC(C)(C)O2. The van der Waals surface area contributed by atoms with Crippen molar-refractivity contribution in [3.8, 4) is 11.5 Å². The second-order valence-corrected chi connectivity index (χ2v) is 7.28. The van der Waals surface area contributed by atoms with Gasteiger partial charge in [0.1, 0.15) is 17.1 Å². The van der Waals surface area contributed by atoms with E-state index in [4.69, 9.17) is 9.47 Å². The fourth-order valence-corrected chi connectivity index (χ4v) is 2.95. The molecule has 4 heteroatoms. The van der Waals surface area contributed by atoms with Gasteiger partial charge >= 0.3 is 0 Å². The van der Waals surface area contributed by atoms with Gasteiger partial charge in [-0.25, -0.2) is 0 Å². The molecule has 140 valence electrons. The predicted molar refractivity (Wildman–Crippen MR) is 111 cm³/mol. The van der Waals surface area contributed by atoms with E-state index < -0.39 is 5.60 Å². The highest BCUT2D eigenvalue weighted by atomic mass is 16.5. The highest BCUT2D eigenvalue weighted by molar-refractivity contribution is 6.09. The van der Waals surface area contributed by atoms with Gasteiger partial charge in [-0.3, -0.25) is 4.79 Å². The lowest BCUT2D eigenvalue weighted by Crippen LogP contribution is -2.28. The van der Waals surface area contributed by atoms with Gasteiger partial charge in [0, 0.05) is 19.8 Å². The summed E-state index contributed by atoms with van der Waals surface area (Å²) in [5.41, 5.74) is 2.94. The summed E-state index contributed by atoms with van der Waals surface area (Å²) in [7, 11) is 5.61. The van der Waals surface area contributed by atoms with E-state index in [2.05, 4.69) is 0 Å². The second-order valence-electron chi connectivity index (χ2n) is 7.28. The van der Waals surface area contributed by atoms with Gasteiger partial charge in [-0.15, -0.1) is 0 Å². The van der Waals surface area contributed by atoms with Crippen molar-refractivity contribution >= 4 is 23.6 Å². The van der Waals surface area contributed by atoms with Crippen molar-refractivity contribution in [2.75, 3.05) is 26.1 Å². The molecule has 4 nitrogen and oxygen atoms in total. The van der Waals surface area contributed by atoms with Gasteiger partial charge in [0.2, 0.25) is 0 Å². The van der Waals surface area contributed by atoms with Crippen molar-refractivity contribution in [2.24, 2.45) is 0 Å². The minimum atomic E-state index is -0.472. The van der Waals surface area contributed by atoms with Crippen LogP contribution in [0.25, 0.3) is 12.2 Å². The first-order valence-corrected chi connectivity index (χ1v) is 8.90. The van der Waals surface area contributed by atoms with E-state index in [1.54, 1.807) is 25.3 Å². The highest BCUT2D eigenvalue weighted by Gasteiger charge is 2.27. The van der Waals surface area contributed by atoms with Gasteiger partial charge in [-0.05, 0) is 61.9 Å². The number of nitrogens with zero attached hydrogens (tertiary/aromatic N) is 1. The topological polar surface area (TPSA) is 38.8 Å². The first kappa shape index (κ1) is 18.8. The summed E-state index contributed by atoms with van der Waals surface area (Å²) in [5, 5.41) is 0. The van der Waals surface area contributed by atoms with E-state index in [9.17, 15) is 4.79 Å². The van der Waals surface area contributed by atoms with Crippen molar-refractivity contribution in [3.05, 3.63) is 65.2 Å². The van der Waals surface area contributed by atoms with Gasteiger partial charge in [-0.2, -0.15) is 0 Å². The first-order valence-electron chi connectivity index (χ1n) is 8.90. The molecule has 2 aromatic carbocycles. The first-order chi connectivity index (χ1) is 12.8. The average Bonchev–Trinajstić information content (AvgIpc) is 2.64.